The zero-order chi connectivity index (χ0) is 14.1. The van der Waals surface area contributed by atoms with Gasteiger partial charge in [-0.1, -0.05) is 18.2 Å². The second-order valence-corrected chi connectivity index (χ2v) is 7.44. The number of hydrogen-bond donors (Lipinski definition) is 1. The zero-order valence-electron chi connectivity index (χ0n) is 10.6. The molecular formula is C15H13BrFNOS. The number of nitrogens with one attached hydrogen (secondary N) is 1. The molecule has 0 bridgehead atoms. The van der Waals surface area contributed by atoms with Gasteiger partial charge >= 0.3 is 0 Å². The topological polar surface area (TPSA) is 29.1 Å². The Balaban J connectivity index is 1.56. The second kappa shape index (κ2) is 5.66. The van der Waals surface area contributed by atoms with E-state index in [0.29, 0.717) is 12.1 Å². The third-order valence-electron chi connectivity index (χ3n) is 3.50. The van der Waals surface area contributed by atoms with Crippen LogP contribution in [0.15, 0.2) is 40.2 Å². The Morgan fingerprint density at radius 2 is 2.15 bits per heavy atom. The number of benzene rings is 1. The summed E-state index contributed by atoms with van der Waals surface area (Å²) in [5.74, 6) is -0.251. The number of halogens is 2. The molecule has 3 rings (SSSR count). The largest absolute Gasteiger partial charge is 0.351 e. The standard InChI is InChI=1S/C15H13BrFNOS/c16-14-6-5-9(20-14)8-18-15(19)12-7-11(12)10-3-1-2-4-13(10)17/h1-6,11-12H,7-8H2,(H,18,19). The molecule has 2 unspecified atom stereocenters. The molecule has 1 saturated carbocycles. The van der Waals surface area contributed by atoms with E-state index in [2.05, 4.69) is 21.2 Å². The Morgan fingerprint density at radius 1 is 1.35 bits per heavy atom. The van der Waals surface area contributed by atoms with E-state index < -0.39 is 0 Å². The van der Waals surface area contributed by atoms with Crippen molar-refractivity contribution in [3.05, 3.63) is 56.4 Å². The van der Waals surface area contributed by atoms with Crippen LogP contribution < -0.4 is 5.32 Å². The molecule has 1 N–H and O–H groups in total. The molecule has 1 aromatic carbocycles. The lowest BCUT2D eigenvalue weighted by atomic mass is 10.1. The highest BCUT2D eigenvalue weighted by Gasteiger charge is 2.44. The summed E-state index contributed by atoms with van der Waals surface area (Å²) in [5, 5.41) is 2.92. The summed E-state index contributed by atoms with van der Waals surface area (Å²) >= 11 is 5.00. The molecule has 0 spiro atoms. The van der Waals surface area contributed by atoms with Crippen molar-refractivity contribution < 1.29 is 9.18 Å². The van der Waals surface area contributed by atoms with Gasteiger partial charge in [-0.05, 0) is 52.0 Å². The van der Waals surface area contributed by atoms with E-state index in [4.69, 9.17) is 0 Å². The van der Waals surface area contributed by atoms with Crippen LogP contribution in [0.5, 0.6) is 0 Å². The summed E-state index contributed by atoms with van der Waals surface area (Å²) < 4.78 is 14.7. The van der Waals surface area contributed by atoms with Crippen LogP contribution in [-0.4, -0.2) is 5.91 Å². The van der Waals surface area contributed by atoms with Crippen molar-refractivity contribution >= 4 is 33.2 Å². The predicted molar refractivity (Wildman–Crippen MR) is 81.1 cm³/mol. The second-order valence-electron chi connectivity index (χ2n) is 4.89. The van der Waals surface area contributed by atoms with Gasteiger partial charge in [-0.25, -0.2) is 4.39 Å². The van der Waals surface area contributed by atoms with Gasteiger partial charge in [-0.2, -0.15) is 0 Å². The number of thiophene rings is 1. The maximum absolute atomic E-state index is 13.6. The fourth-order valence-corrected chi connectivity index (χ4v) is 3.78. The van der Waals surface area contributed by atoms with Crippen molar-refractivity contribution in [2.75, 3.05) is 0 Å². The summed E-state index contributed by atoms with van der Waals surface area (Å²) in [4.78, 5) is 13.1. The van der Waals surface area contributed by atoms with Gasteiger partial charge in [0.15, 0.2) is 0 Å². The van der Waals surface area contributed by atoms with Crippen LogP contribution in [0.1, 0.15) is 22.8 Å². The Kier molecular flexibility index (Phi) is 3.89. The third-order valence-corrected chi connectivity index (χ3v) is 5.12. The first-order chi connectivity index (χ1) is 9.65. The molecular weight excluding hydrogens is 341 g/mol. The SMILES string of the molecule is O=C(NCc1ccc(Br)s1)C1CC1c1ccccc1F. The minimum atomic E-state index is -0.213. The van der Waals surface area contributed by atoms with Gasteiger partial charge in [0.25, 0.3) is 0 Å². The van der Waals surface area contributed by atoms with E-state index in [9.17, 15) is 9.18 Å². The third kappa shape index (κ3) is 2.94. The van der Waals surface area contributed by atoms with Gasteiger partial charge in [0, 0.05) is 10.8 Å². The lowest BCUT2D eigenvalue weighted by molar-refractivity contribution is -0.122. The molecule has 2 nitrogen and oxygen atoms in total. The number of carbonyl (C=O) groups excluding carboxylic acids is 1. The molecule has 2 atom stereocenters. The van der Waals surface area contributed by atoms with E-state index >= 15 is 0 Å². The molecule has 5 heteroatoms. The average molecular weight is 354 g/mol. The van der Waals surface area contributed by atoms with E-state index in [-0.39, 0.29) is 23.6 Å². The number of amides is 1. The molecule has 0 saturated heterocycles. The highest BCUT2D eigenvalue weighted by molar-refractivity contribution is 9.11. The fraction of sp³-hybridized carbons (Fsp3) is 0.267. The molecule has 0 radical (unpaired) electrons. The Labute approximate surface area is 129 Å². The van der Waals surface area contributed by atoms with Crippen LogP contribution in [0.4, 0.5) is 4.39 Å². The van der Waals surface area contributed by atoms with Crippen molar-refractivity contribution in [1.82, 2.24) is 5.32 Å². The van der Waals surface area contributed by atoms with Crippen LogP contribution in [0, 0.1) is 11.7 Å². The minimum Gasteiger partial charge on any atom is -0.351 e. The lowest BCUT2D eigenvalue weighted by Gasteiger charge is -2.04. The Bertz CT molecular complexity index is 642. The predicted octanol–water partition coefficient (Wildman–Crippen LogP) is 4.07. The van der Waals surface area contributed by atoms with Gasteiger partial charge in [0.05, 0.1) is 10.3 Å². The number of rotatable bonds is 4. The van der Waals surface area contributed by atoms with Crippen molar-refractivity contribution in [2.24, 2.45) is 5.92 Å². The van der Waals surface area contributed by atoms with Gasteiger partial charge in [-0.3, -0.25) is 4.79 Å². The molecule has 1 fully saturated rings. The summed E-state index contributed by atoms with van der Waals surface area (Å²) in [6.45, 7) is 0.537. The number of hydrogen-bond acceptors (Lipinski definition) is 2. The van der Waals surface area contributed by atoms with Crippen molar-refractivity contribution in [3.63, 3.8) is 0 Å². The van der Waals surface area contributed by atoms with Crippen LogP contribution in [0.2, 0.25) is 0 Å². The maximum Gasteiger partial charge on any atom is 0.224 e. The zero-order valence-corrected chi connectivity index (χ0v) is 13.0. The summed E-state index contributed by atoms with van der Waals surface area (Å²) in [5.41, 5.74) is 0.659. The molecule has 1 heterocycles. The van der Waals surface area contributed by atoms with E-state index in [0.717, 1.165) is 15.1 Å². The molecule has 0 aliphatic heterocycles. The molecule has 1 aliphatic rings. The highest BCUT2D eigenvalue weighted by atomic mass is 79.9. The summed E-state index contributed by atoms with van der Waals surface area (Å²) in [7, 11) is 0. The van der Waals surface area contributed by atoms with Crippen molar-refractivity contribution in [3.8, 4) is 0 Å². The average Bonchev–Trinajstić information content (AvgIpc) is 3.12. The summed E-state index contributed by atoms with van der Waals surface area (Å²) in [6.07, 6.45) is 0.737. The van der Waals surface area contributed by atoms with Gasteiger partial charge in [0.1, 0.15) is 5.82 Å². The van der Waals surface area contributed by atoms with Crippen LogP contribution in [0.3, 0.4) is 0 Å². The number of carbonyl (C=O) groups is 1. The lowest BCUT2D eigenvalue weighted by Crippen LogP contribution is -2.24. The Hall–Kier alpha value is -1.20. The minimum absolute atomic E-state index is 0.0165. The maximum atomic E-state index is 13.6. The van der Waals surface area contributed by atoms with E-state index in [1.54, 1.807) is 23.5 Å². The fourth-order valence-electron chi connectivity index (χ4n) is 2.36. The van der Waals surface area contributed by atoms with Gasteiger partial charge in [0.2, 0.25) is 5.91 Å². The van der Waals surface area contributed by atoms with Crippen molar-refractivity contribution in [2.45, 2.75) is 18.9 Å². The molecule has 1 aliphatic carbocycles. The molecule has 2 aromatic rings. The molecule has 1 amide bonds. The van der Waals surface area contributed by atoms with Gasteiger partial charge < -0.3 is 5.32 Å². The normalized spacial score (nSPS) is 20.7. The van der Waals surface area contributed by atoms with Crippen molar-refractivity contribution in [1.29, 1.82) is 0 Å². The quantitative estimate of drug-likeness (QED) is 0.881. The van der Waals surface area contributed by atoms with Crippen LogP contribution in [0.25, 0.3) is 0 Å². The first kappa shape index (κ1) is 13.8. The highest BCUT2D eigenvalue weighted by Crippen LogP contribution is 2.48. The molecule has 104 valence electrons. The first-order valence-electron chi connectivity index (χ1n) is 6.41. The summed E-state index contributed by atoms with van der Waals surface area (Å²) in [6, 6.07) is 10.6. The van der Waals surface area contributed by atoms with E-state index in [1.165, 1.54) is 6.07 Å². The van der Waals surface area contributed by atoms with Gasteiger partial charge in [-0.15, -0.1) is 11.3 Å². The van der Waals surface area contributed by atoms with Crippen LogP contribution >= 0.6 is 27.3 Å². The molecule has 1 aromatic heterocycles. The first-order valence-corrected chi connectivity index (χ1v) is 8.02. The van der Waals surface area contributed by atoms with Crippen LogP contribution in [-0.2, 0) is 11.3 Å². The monoisotopic (exact) mass is 353 g/mol. The van der Waals surface area contributed by atoms with E-state index in [1.807, 2.05) is 18.2 Å². The molecule has 20 heavy (non-hydrogen) atoms. The smallest absolute Gasteiger partial charge is 0.224 e. The Morgan fingerprint density at radius 3 is 2.85 bits per heavy atom.